The molecule has 0 aliphatic rings. The van der Waals surface area contributed by atoms with Crippen molar-refractivity contribution in [3.05, 3.63) is 48.5 Å². The molecule has 7 heteroatoms. The summed E-state index contributed by atoms with van der Waals surface area (Å²) in [6.07, 6.45) is 5.73. The van der Waals surface area contributed by atoms with Gasteiger partial charge in [-0.25, -0.2) is 15.0 Å². The van der Waals surface area contributed by atoms with Crippen LogP contribution in [0.5, 0.6) is 0 Å². The monoisotopic (exact) mass is 338 g/mol. The van der Waals surface area contributed by atoms with Gasteiger partial charge in [0.15, 0.2) is 0 Å². The van der Waals surface area contributed by atoms with Crippen LogP contribution in [0.15, 0.2) is 43.0 Å². The maximum Gasteiger partial charge on any atom is 0.224 e. The molecule has 1 aromatic carbocycles. The fraction of sp³-hybridized carbons (Fsp3) is 0.333. The van der Waals surface area contributed by atoms with Gasteiger partial charge in [0.2, 0.25) is 11.9 Å². The zero-order valence-corrected chi connectivity index (χ0v) is 14.8. The molecule has 2 heterocycles. The van der Waals surface area contributed by atoms with Gasteiger partial charge in [-0.05, 0) is 12.1 Å². The van der Waals surface area contributed by atoms with Crippen LogP contribution in [0.2, 0.25) is 0 Å². The maximum absolute atomic E-state index is 12.4. The van der Waals surface area contributed by atoms with Crippen LogP contribution in [-0.4, -0.2) is 51.5 Å². The zero-order chi connectivity index (χ0) is 17.8. The number of imidazole rings is 1. The highest BCUT2D eigenvalue weighted by molar-refractivity contribution is 5.77. The van der Waals surface area contributed by atoms with Crippen LogP contribution in [0.1, 0.15) is 12.0 Å². The van der Waals surface area contributed by atoms with E-state index in [0.717, 1.165) is 16.6 Å². The standard InChI is InChI=1S/C18H22N6O/c1-22(2)18-19-10-14(11-20-18)12-23(3)17(25)8-9-24-13-21-15-6-4-5-7-16(15)24/h4-7,10-11,13H,8-9,12H2,1-3H3. The molecule has 3 aromatic rings. The number of para-hydroxylation sites is 2. The summed E-state index contributed by atoms with van der Waals surface area (Å²) in [5.74, 6) is 0.735. The first-order valence-electron chi connectivity index (χ1n) is 8.16. The van der Waals surface area contributed by atoms with Crippen LogP contribution >= 0.6 is 0 Å². The number of aryl methyl sites for hydroxylation is 1. The Kier molecular flexibility index (Phi) is 4.92. The topological polar surface area (TPSA) is 67.2 Å². The first-order valence-corrected chi connectivity index (χ1v) is 8.16. The van der Waals surface area contributed by atoms with E-state index in [1.165, 1.54) is 0 Å². The Hall–Kier alpha value is -2.96. The number of anilines is 1. The highest BCUT2D eigenvalue weighted by Crippen LogP contribution is 2.13. The van der Waals surface area contributed by atoms with Crippen molar-refractivity contribution in [1.82, 2.24) is 24.4 Å². The number of amides is 1. The molecule has 0 fully saturated rings. The molecular weight excluding hydrogens is 316 g/mol. The van der Waals surface area contributed by atoms with Crippen molar-refractivity contribution in [3.63, 3.8) is 0 Å². The molecule has 0 saturated carbocycles. The minimum Gasteiger partial charge on any atom is -0.347 e. The lowest BCUT2D eigenvalue weighted by molar-refractivity contribution is -0.130. The first kappa shape index (κ1) is 16.9. The van der Waals surface area contributed by atoms with Gasteiger partial charge in [0.1, 0.15) is 0 Å². The van der Waals surface area contributed by atoms with Gasteiger partial charge >= 0.3 is 0 Å². The van der Waals surface area contributed by atoms with Crippen molar-refractivity contribution >= 4 is 22.9 Å². The normalized spacial score (nSPS) is 10.8. The molecule has 0 unspecified atom stereocenters. The van der Waals surface area contributed by atoms with Crippen molar-refractivity contribution in [2.75, 3.05) is 26.0 Å². The SMILES string of the molecule is CN(Cc1cnc(N(C)C)nc1)C(=O)CCn1cnc2ccccc21. The average molecular weight is 338 g/mol. The molecule has 25 heavy (non-hydrogen) atoms. The van der Waals surface area contributed by atoms with Gasteiger partial charge in [0, 0.05) is 58.6 Å². The third kappa shape index (κ3) is 3.93. The van der Waals surface area contributed by atoms with Gasteiger partial charge < -0.3 is 14.4 Å². The van der Waals surface area contributed by atoms with Gasteiger partial charge in [-0.1, -0.05) is 12.1 Å². The Bertz CT molecular complexity index is 855. The minimum atomic E-state index is 0.0782. The summed E-state index contributed by atoms with van der Waals surface area (Å²) in [6, 6.07) is 7.92. The summed E-state index contributed by atoms with van der Waals surface area (Å²) < 4.78 is 2.01. The van der Waals surface area contributed by atoms with Crippen molar-refractivity contribution in [2.24, 2.45) is 0 Å². The molecule has 0 saturated heterocycles. The number of carbonyl (C=O) groups excluding carboxylic acids is 1. The number of aromatic nitrogens is 4. The predicted molar refractivity (Wildman–Crippen MR) is 97.2 cm³/mol. The molecule has 2 aromatic heterocycles. The summed E-state index contributed by atoms with van der Waals surface area (Å²) in [5, 5.41) is 0. The Labute approximate surface area is 146 Å². The molecule has 0 spiro atoms. The Morgan fingerprint density at radius 1 is 1.08 bits per heavy atom. The molecule has 3 rings (SSSR count). The first-order chi connectivity index (χ1) is 12.0. The van der Waals surface area contributed by atoms with E-state index in [-0.39, 0.29) is 5.91 Å². The molecule has 0 aliphatic heterocycles. The lowest BCUT2D eigenvalue weighted by Gasteiger charge is -2.18. The third-order valence-corrected chi connectivity index (χ3v) is 4.03. The molecule has 130 valence electrons. The van der Waals surface area contributed by atoms with E-state index in [2.05, 4.69) is 15.0 Å². The van der Waals surface area contributed by atoms with Crippen molar-refractivity contribution in [3.8, 4) is 0 Å². The molecule has 0 N–H and O–H groups in total. The Morgan fingerprint density at radius 2 is 1.80 bits per heavy atom. The van der Waals surface area contributed by atoms with Gasteiger partial charge in [0.05, 0.1) is 17.4 Å². The quantitative estimate of drug-likeness (QED) is 0.687. The van der Waals surface area contributed by atoms with E-state index in [0.29, 0.717) is 25.5 Å². The van der Waals surface area contributed by atoms with Crippen LogP contribution in [0.4, 0.5) is 5.95 Å². The van der Waals surface area contributed by atoms with E-state index in [1.54, 1.807) is 30.7 Å². The highest BCUT2D eigenvalue weighted by Gasteiger charge is 2.11. The van der Waals surface area contributed by atoms with Crippen LogP contribution in [-0.2, 0) is 17.9 Å². The Morgan fingerprint density at radius 3 is 2.52 bits per heavy atom. The number of hydrogen-bond donors (Lipinski definition) is 0. The molecular formula is C18H22N6O. The third-order valence-electron chi connectivity index (χ3n) is 4.03. The minimum absolute atomic E-state index is 0.0782. The summed E-state index contributed by atoms with van der Waals surface area (Å²) in [5.41, 5.74) is 2.90. The van der Waals surface area contributed by atoms with E-state index >= 15 is 0 Å². The lowest BCUT2D eigenvalue weighted by Crippen LogP contribution is -2.27. The molecule has 0 bridgehead atoms. The molecule has 7 nitrogen and oxygen atoms in total. The maximum atomic E-state index is 12.4. The molecule has 0 atom stereocenters. The van der Waals surface area contributed by atoms with Crippen LogP contribution in [0, 0.1) is 0 Å². The van der Waals surface area contributed by atoms with E-state index in [4.69, 9.17) is 0 Å². The van der Waals surface area contributed by atoms with Gasteiger partial charge in [-0.3, -0.25) is 4.79 Å². The van der Waals surface area contributed by atoms with Crippen molar-refractivity contribution in [1.29, 1.82) is 0 Å². The molecule has 0 radical (unpaired) electrons. The number of benzene rings is 1. The number of rotatable bonds is 6. The predicted octanol–water partition coefficient (Wildman–Crippen LogP) is 1.94. The molecule has 1 amide bonds. The second-order valence-electron chi connectivity index (χ2n) is 6.21. The Balaban J connectivity index is 1.57. The van der Waals surface area contributed by atoms with Gasteiger partial charge in [-0.15, -0.1) is 0 Å². The highest BCUT2D eigenvalue weighted by atomic mass is 16.2. The number of nitrogens with zero attached hydrogens (tertiary/aromatic N) is 6. The van der Waals surface area contributed by atoms with Gasteiger partial charge in [0.25, 0.3) is 0 Å². The largest absolute Gasteiger partial charge is 0.347 e. The van der Waals surface area contributed by atoms with Crippen LogP contribution < -0.4 is 4.90 Å². The van der Waals surface area contributed by atoms with Crippen LogP contribution in [0.25, 0.3) is 11.0 Å². The zero-order valence-electron chi connectivity index (χ0n) is 14.8. The van der Waals surface area contributed by atoms with Crippen LogP contribution in [0.3, 0.4) is 0 Å². The van der Waals surface area contributed by atoms with E-state index < -0.39 is 0 Å². The van der Waals surface area contributed by atoms with Gasteiger partial charge in [-0.2, -0.15) is 0 Å². The summed E-state index contributed by atoms with van der Waals surface area (Å²) >= 11 is 0. The van der Waals surface area contributed by atoms with Crippen molar-refractivity contribution in [2.45, 2.75) is 19.5 Å². The fourth-order valence-electron chi connectivity index (χ4n) is 2.62. The molecule has 0 aliphatic carbocycles. The summed E-state index contributed by atoms with van der Waals surface area (Å²) in [6.45, 7) is 1.11. The number of carbonyl (C=O) groups is 1. The summed E-state index contributed by atoms with van der Waals surface area (Å²) in [4.78, 5) is 28.8. The average Bonchev–Trinajstić information content (AvgIpc) is 3.03. The van der Waals surface area contributed by atoms with E-state index in [9.17, 15) is 4.79 Å². The fourth-order valence-corrected chi connectivity index (χ4v) is 2.62. The van der Waals surface area contributed by atoms with Crippen molar-refractivity contribution < 1.29 is 4.79 Å². The smallest absolute Gasteiger partial charge is 0.224 e. The number of hydrogen-bond acceptors (Lipinski definition) is 5. The summed E-state index contributed by atoms with van der Waals surface area (Å²) in [7, 11) is 5.59. The second-order valence-corrected chi connectivity index (χ2v) is 6.21. The second kappa shape index (κ2) is 7.29. The van der Waals surface area contributed by atoms with E-state index in [1.807, 2.05) is 47.8 Å². The number of fused-ring (bicyclic) bond motifs is 1. The lowest BCUT2D eigenvalue weighted by atomic mass is 10.3.